The number of hydrogen-bond donors (Lipinski definition) is 2. The van der Waals surface area contributed by atoms with Gasteiger partial charge >= 0.3 is 0 Å². The van der Waals surface area contributed by atoms with Gasteiger partial charge in [-0.3, -0.25) is 4.99 Å². The van der Waals surface area contributed by atoms with Gasteiger partial charge in [0.2, 0.25) is 0 Å². The lowest BCUT2D eigenvalue weighted by Crippen LogP contribution is -2.37. The first-order valence-corrected chi connectivity index (χ1v) is 10.7. The summed E-state index contributed by atoms with van der Waals surface area (Å²) in [5, 5.41) is 7.22. The monoisotopic (exact) mass is 403 g/mol. The Balaban J connectivity index is 1.42. The maximum atomic E-state index is 5.81. The lowest BCUT2D eigenvalue weighted by atomic mass is 10.2. The minimum Gasteiger partial charge on any atom is -0.370 e. The van der Waals surface area contributed by atoms with Crippen LogP contribution in [0.1, 0.15) is 11.1 Å². The van der Waals surface area contributed by atoms with E-state index in [0.717, 1.165) is 44.1 Å². The van der Waals surface area contributed by atoms with Crippen LogP contribution in [0.4, 0.5) is 5.69 Å². The van der Waals surface area contributed by atoms with Gasteiger partial charge in [-0.05, 0) is 35.7 Å². The third-order valence-corrected chi connectivity index (χ3v) is 5.66. The molecule has 0 amide bonds. The number of pyridine rings is 1. The van der Waals surface area contributed by atoms with Crippen molar-refractivity contribution in [3.63, 3.8) is 0 Å². The van der Waals surface area contributed by atoms with Gasteiger partial charge in [0.25, 0.3) is 0 Å². The number of guanidine groups is 1. The predicted octanol–water partition coefficient (Wildman–Crippen LogP) is 3.20. The van der Waals surface area contributed by atoms with Crippen molar-refractivity contribution in [1.82, 2.24) is 15.6 Å². The van der Waals surface area contributed by atoms with Gasteiger partial charge in [0, 0.05) is 56.6 Å². The molecular weight excluding hydrogens is 378 g/mol. The third-order valence-electron chi connectivity index (χ3n) is 4.49. The van der Waals surface area contributed by atoms with E-state index in [4.69, 9.17) is 11.6 Å². The predicted molar refractivity (Wildman–Crippen MR) is 117 cm³/mol. The molecule has 1 saturated heterocycles. The largest absolute Gasteiger partial charge is 0.370 e. The maximum Gasteiger partial charge on any atom is 0.191 e. The number of nitrogens with one attached hydrogen (secondary N) is 2. The molecule has 5 nitrogen and oxygen atoms in total. The quantitative estimate of drug-likeness (QED) is 0.440. The molecule has 1 aliphatic heterocycles. The molecule has 1 aliphatic rings. The second-order valence-electron chi connectivity index (χ2n) is 6.36. The van der Waals surface area contributed by atoms with Crippen molar-refractivity contribution in [1.29, 1.82) is 0 Å². The smallest absolute Gasteiger partial charge is 0.191 e. The molecule has 0 aliphatic carbocycles. The fraction of sp³-hybridized carbons (Fsp3) is 0.400. The zero-order chi connectivity index (χ0) is 18.9. The van der Waals surface area contributed by atoms with Gasteiger partial charge in [-0.1, -0.05) is 29.8 Å². The summed E-state index contributed by atoms with van der Waals surface area (Å²) in [4.78, 5) is 10.8. The molecular formula is C20H26ClN5S. The van der Waals surface area contributed by atoms with Gasteiger partial charge in [-0.2, -0.15) is 11.8 Å². The number of thioether (sulfide) groups is 1. The Bertz CT molecular complexity index is 727. The summed E-state index contributed by atoms with van der Waals surface area (Å²) in [5.41, 5.74) is 3.71. The molecule has 0 unspecified atom stereocenters. The van der Waals surface area contributed by atoms with Gasteiger partial charge in [0.15, 0.2) is 5.96 Å². The molecule has 0 saturated carbocycles. The maximum absolute atomic E-state index is 5.81. The number of halogens is 1. The number of anilines is 1. The fourth-order valence-corrected chi connectivity index (χ4v) is 3.95. The van der Waals surface area contributed by atoms with Crippen molar-refractivity contribution in [3.05, 3.63) is 58.9 Å². The molecule has 144 valence electrons. The Hall–Kier alpha value is -1.92. The first-order valence-electron chi connectivity index (χ1n) is 9.21. The second kappa shape index (κ2) is 10.4. The van der Waals surface area contributed by atoms with Gasteiger partial charge in [-0.15, -0.1) is 0 Å². The van der Waals surface area contributed by atoms with Crippen LogP contribution in [0.15, 0.2) is 47.6 Å². The number of hydrogen-bond acceptors (Lipinski definition) is 4. The van der Waals surface area contributed by atoms with Crippen LogP contribution in [0.5, 0.6) is 0 Å². The molecule has 2 aromatic rings. The lowest BCUT2D eigenvalue weighted by molar-refractivity contribution is 0.792. The first-order chi connectivity index (χ1) is 13.2. The Morgan fingerprint density at radius 1 is 1.11 bits per heavy atom. The third kappa shape index (κ3) is 6.33. The van der Waals surface area contributed by atoms with E-state index in [-0.39, 0.29) is 0 Å². The second-order valence-corrected chi connectivity index (χ2v) is 7.97. The normalized spacial score (nSPS) is 14.9. The van der Waals surface area contributed by atoms with Crippen LogP contribution in [0.3, 0.4) is 0 Å². The van der Waals surface area contributed by atoms with Crippen molar-refractivity contribution < 1.29 is 0 Å². The van der Waals surface area contributed by atoms with Crippen molar-refractivity contribution in [2.75, 3.05) is 43.1 Å². The van der Waals surface area contributed by atoms with Crippen molar-refractivity contribution >= 4 is 35.0 Å². The van der Waals surface area contributed by atoms with Crippen LogP contribution in [-0.2, 0) is 13.0 Å². The summed E-state index contributed by atoms with van der Waals surface area (Å²) in [6.07, 6.45) is 2.68. The highest BCUT2D eigenvalue weighted by Crippen LogP contribution is 2.19. The van der Waals surface area contributed by atoms with E-state index in [2.05, 4.69) is 49.8 Å². The van der Waals surface area contributed by atoms with E-state index in [1.165, 1.54) is 22.8 Å². The molecule has 1 aromatic carbocycles. The van der Waals surface area contributed by atoms with Crippen LogP contribution in [0.25, 0.3) is 0 Å². The van der Waals surface area contributed by atoms with Crippen LogP contribution >= 0.6 is 23.4 Å². The number of aromatic nitrogens is 1. The molecule has 1 aromatic heterocycles. The Kier molecular flexibility index (Phi) is 7.66. The lowest BCUT2D eigenvalue weighted by Gasteiger charge is -2.28. The molecule has 1 fully saturated rings. The summed E-state index contributed by atoms with van der Waals surface area (Å²) in [7, 11) is 1.79. The summed E-state index contributed by atoms with van der Waals surface area (Å²) in [6.45, 7) is 3.82. The topological polar surface area (TPSA) is 52.6 Å². The number of benzene rings is 1. The highest BCUT2D eigenvalue weighted by atomic mass is 35.5. The van der Waals surface area contributed by atoms with E-state index >= 15 is 0 Å². The minimum absolute atomic E-state index is 0.523. The highest BCUT2D eigenvalue weighted by Gasteiger charge is 2.10. The van der Waals surface area contributed by atoms with E-state index in [1.807, 2.05) is 30.1 Å². The molecule has 3 rings (SSSR count). The number of aliphatic imine (C=N–C) groups is 1. The van der Waals surface area contributed by atoms with E-state index in [9.17, 15) is 0 Å². The molecule has 0 bridgehead atoms. The van der Waals surface area contributed by atoms with Gasteiger partial charge in [0.05, 0.1) is 0 Å². The van der Waals surface area contributed by atoms with Gasteiger partial charge in [-0.25, -0.2) is 4.98 Å². The van der Waals surface area contributed by atoms with Crippen molar-refractivity contribution in [2.45, 2.75) is 13.0 Å². The van der Waals surface area contributed by atoms with Crippen LogP contribution in [0.2, 0.25) is 5.15 Å². The highest BCUT2D eigenvalue weighted by molar-refractivity contribution is 7.99. The van der Waals surface area contributed by atoms with Gasteiger partial charge in [0.1, 0.15) is 5.15 Å². The molecule has 2 heterocycles. The number of rotatable bonds is 6. The molecule has 0 radical (unpaired) electrons. The van der Waals surface area contributed by atoms with E-state index < -0.39 is 0 Å². The van der Waals surface area contributed by atoms with Crippen LogP contribution in [-0.4, -0.2) is 49.1 Å². The average molecular weight is 404 g/mol. The Morgan fingerprint density at radius 3 is 2.52 bits per heavy atom. The Labute approximate surface area is 170 Å². The zero-order valence-corrected chi connectivity index (χ0v) is 17.2. The van der Waals surface area contributed by atoms with Crippen LogP contribution < -0.4 is 15.5 Å². The summed E-state index contributed by atoms with van der Waals surface area (Å²) in [5.74, 6) is 3.24. The number of nitrogens with zero attached hydrogens (tertiary/aromatic N) is 3. The summed E-state index contributed by atoms with van der Waals surface area (Å²) < 4.78 is 0. The van der Waals surface area contributed by atoms with Crippen LogP contribution in [0, 0.1) is 0 Å². The van der Waals surface area contributed by atoms with Crippen molar-refractivity contribution in [2.24, 2.45) is 4.99 Å². The average Bonchev–Trinajstić information content (AvgIpc) is 2.73. The SMILES string of the molecule is CN=C(NCCc1ccc(Cl)nc1)NCc1ccc(N2CCSCC2)cc1. The molecule has 7 heteroatoms. The molecule has 27 heavy (non-hydrogen) atoms. The standard InChI is InChI=1S/C20H26ClN5S/c1-22-20(23-9-8-17-4-7-19(21)24-14-17)25-15-16-2-5-18(6-3-16)26-10-12-27-13-11-26/h2-7,14H,8-13,15H2,1H3,(H2,22,23,25). The minimum atomic E-state index is 0.523. The van der Waals surface area contributed by atoms with E-state index in [0.29, 0.717) is 5.15 Å². The molecule has 0 spiro atoms. The fourth-order valence-electron chi connectivity index (χ4n) is 2.93. The Morgan fingerprint density at radius 2 is 1.85 bits per heavy atom. The molecule has 2 N–H and O–H groups in total. The zero-order valence-electron chi connectivity index (χ0n) is 15.6. The van der Waals surface area contributed by atoms with Gasteiger partial charge < -0.3 is 15.5 Å². The molecule has 0 atom stereocenters. The summed E-state index contributed by atoms with van der Waals surface area (Å²) in [6, 6.07) is 12.6. The van der Waals surface area contributed by atoms with E-state index in [1.54, 1.807) is 7.05 Å². The first kappa shape index (κ1) is 19.8. The van der Waals surface area contributed by atoms with Crippen molar-refractivity contribution in [3.8, 4) is 0 Å². The summed E-state index contributed by atoms with van der Waals surface area (Å²) >= 11 is 7.85.